The average Bonchev–Trinajstić information content (AvgIpc) is 3.39. The van der Waals surface area contributed by atoms with Crippen LogP contribution in [0.3, 0.4) is 0 Å². The van der Waals surface area contributed by atoms with E-state index >= 15 is 0 Å². The second kappa shape index (κ2) is 6.97. The van der Waals surface area contributed by atoms with E-state index in [-0.39, 0.29) is 29.1 Å². The van der Waals surface area contributed by atoms with Crippen LogP contribution in [0.15, 0.2) is 18.3 Å². The van der Waals surface area contributed by atoms with E-state index in [1.807, 2.05) is 0 Å². The first-order chi connectivity index (χ1) is 11.9. The molecule has 1 aliphatic rings. The molecule has 0 bridgehead atoms. The lowest BCUT2D eigenvalue weighted by Crippen LogP contribution is -2.11. The number of hydrogen-bond donors (Lipinski definition) is 1. The molecule has 1 N–H and O–H groups in total. The molecule has 9 heteroatoms. The number of aromatic nitrogens is 2. The number of rotatable bonds is 6. The van der Waals surface area contributed by atoms with Gasteiger partial charge in [0.25, 0.3) is 6.43 Å². The lowest BCUT2D eigenvalue weighted by molar-refractivity contribution is 0.0673. The highest BCUT2D eigenvalue weighted by Gasteiger charge is 2.26. The van der Waals surface area contributed by atoms with Crippen LogP contribution in [0.5, 0.6) is 0 Å². The SMILES string of the molecule is O=C(O)c1nc(-c2c(C(F)F)ccc(Cl)c2F)cnc1COC1CC1. The van der Waals surface area contributed by atoms with Crippen molar-refractivity contribution < 1.29 is 27.8 Å². The minimum absolute atomic E-state index is 0.0455. The van der Waals surface area contributed by atoms with Crippen molar-refractivity contribution in [2.24, 2.45) is 0 Å². The van der Waals surface area contributed by atoms with Gasteiger partial charge in [-0.1, -0.05) is 17.7 Å². The van der Waals surface area contributed by atoms with Gasteiger partial charge in [-0.05, 0) is 18.9 Å². The maximum atomic E-state index is 14.3. The minimum atomic E-state index is -2.99. The first-order valence-corrected chi connectivity index (χ1v) is 7.73. The predicted molar refractivity (Wildman–Crippen MR) is 82.2 cm³/mol. The zero-order chi connectivity index (χ0) is 18.1. The average molecular weight is 373 g/mol. The predicted octanol–water partition coefficient (Wildman–Crippen LogP) is 4.25. The number of aromatic carboxylic acids is 1. The third kappa shape index (κ3) is 3.74. The summed E-state index contributed by atoms with van der Waals surface area (Å²) in [6.07, 6.45) is -0.106. The van der Waals surface area contributed by atoms with E-state index < -0.39 is 35.0 Å². The Hall–Kier alpha value is -2.19. The molecule has 1 aromatic carbocycles. The van der Waals surface area contributed by atoms with E-state index in [4.69, 9.17) is 16.3 Å². The number of carboxylic acid groups (broad SMARTS) is 1. The van der Waals surface area contributed by atoms with Gasteiger partial charge in [0.1, 0.15) is 0 Å². The summed E-state index contributed by atoms with van der Waals surface area (Å²) in [4.78, 5) is 19.1. The summed E-state index contributed by atoms with van der Waals surface area (Å²) in [5.41, 5.74) is -1.97. The minimum Gasteiger partial charge on any atom is -0.476 e. The van der Waals surface area contributed by atoms with Crippen LogP contribution in [-0.4, -0.2) is 27.1 Å². The summed E-state index contributed by atoms with van der Waals surface area (Å²) >= 11 is 5.66. The normalized spacial score (nSPS) is 14.1. The van der Waals surface area contributed by atoms with Gasteiger partial charge in [0.05, 0.1) is 35.3 Å². The molecule has 1 aromatic heterocycles. The second-order valence-electron chi connectivity index (χ2n) is 5.49. The van der Waals surface area contributed by atoms with E-state index in [2.05, 4.69) is 9.97 Å². The molecule has 2 aromatic rings. The zero-order valence-corrected chi connectivity index (χ0v) is 13.4. The highest BCUT2D eigenvalue weighted by molar-refractivity contribution is 6.31. The molecule has 0 unspecified atom stereocenters. The summed E-state index contributed by atoms with van der Waals surface area (Å²) in [5, 5.41) is 8.92. The molecule has 132 valence electrons. The van der Waals surface area contributed by atoms with Crippen molar-refractivity contribution in [1.29, 1.82) is 0 Å². The number of alkyl halides is 2. The van der Waals surface area contributed by atoms with Crippen LogP contribution < -0.4 is 0 Å². The molecule has 1 fully saturated rings. The fourth-order valence-corrected chi connectivity index (χ4v) is 2.41. The number of benzene rings is 1. The number of halogens is 4. The van der Waals surface area contributed by atoms with Crippen molar-refractivity contribution in [2.75, 3.05) is 0 Å². The summed E-state index contributed by atoms with van der Waals surface area (Å²) in [6, 6.07) is 1.98. The topological polar surface area (TPSA) is 72.3 Å². The molecule has 0 amide bonds. The standard InChI is InChI=1S/C16H12ClF3N2O3/c17-9-4-3-8(15(19)20)12(13(9)18)10-5-21-11(6-25-7-1-2-7)14(22-10)16(23)24/h3-5,7,15H,1-2,6H2,(H,23,24). The Kier molecular flexibility index (Phi) is 4.91. The Balaban J connectivity index is 2.07. The molecular weight excluding hydrogens is 361 g/mol. The summed E-state index contributed by atoms with van der Waals surface area (Å²) in [6.45, 7) is -0.0701. The van der Waals surface area contributed by atoms with Crippen molar-refractivity contribution in [3.05, 3.63) is 46.1 Å². The molecule has 1 aliphatic carbocycles. The van der Waals surface area contributed by atoms with Crippen molar-refractivity contribution >= 4 is 17.6 Å². The Labute approximate surface area is 145 Å². The third-order valence-electron chi connectivity index (χ3n) is 3.65. The van der Waals surface area contributed by atoms with Crippen LogP contribution in [0.1, 0.15) is 41.0 Å². The smallest absolute Gasteiger partial charge is 0.356 e. The molecule has 5 nitrogen and oxygen atoms in total. The van der Waals surface area contributed by atoms with Crippen molar-refractivity contribution in [3.8, 4) is 11.3 Å². The highest BCUT2D eigenvalue weighted by Crippen LogP contribution is 2.35. The molecule has 0 atom stereocenters. The van der Waals surface area contributed by atoms with Crippen LogP contribution in [0.25, 0.3) is 11.3 Å². The third-order valence-corrected chi connectivity index (χ3v) is 3.94. The van der Waals surface area contributed by atoms with E-state index in [9.17, 15) is 23.1 Å². The first kappa shape index (κ1) is 17.6. The highest BCUT2D eigenvalue weighted by atomic mass is 35.5. The fraction of sp³-hybridized carbons (Fsp3) is 0.312. The van der Waals surface area contributed by atoms with Gasteiger partial charge in [-0.25, -0.2) is 22.9 Å². The largest absolute Gasteiger partial charge is 0.476 e. The van der Waals surface area contributed by atoms with Crippen molar-refractivity contribution in [1.82, 2.24) is 9.97 Å². The van der Waals surface area contributed by atoms with E-state index in [1.165, 1.54) is 0 Å². The quantitative estimate of drug-likeness (QED) is 0.820. The Morgan fingerprint density at radius 2 is 2.12 bits per heavy atom. The molecule has 0 aliphatic heterocycles. The summed E-state index contributed by atoms with van der Waals surface area (Å²) < 4.78 is 46.1. The fourth-order valence-electron chi connectivity index (χ4n) is 2.25. The van der Waals surface area contributed by atoms with Crippen LogP contribution in [0.4, 0.5) is 13.2 Å². The van der Waals surface area contributed by atoms with Gasteiger partial charge in [-0.2, -0.15) is 0 Å². The molecule has 0 saturated heterocycles. The van der Waals surface area contributed by atoms with Gasteiger partial charge in [0.2, 0.25) is 0 Å². The monoisotopic (exact) mass is 372 g/mol. The van der Waals surface area contributed by atoms with Crippen molar-refractivity contribution in [2.45, 2.75) is 32.0 Å². The number of carboxylic acids is 1. The van der Waals surface area contributed by atoms with E-state index in [0.717, 1.165) is 31.2 Å². The molecule has 1 heterocycles. The lowest BCUT2D eigenvalue weighted by atomic mass is 10.0. The van der Waals surface area contributed by atoms with Gasteiger partial charge >= 0.3 is 5.97 Å². The van der Waals surface area contributed by atoms with Crippen molar-refractivity contribution in [3.63, 3.8) is 0 Å². The number of ether oxygens (including phenoxy) is 1. The van der Waals surface area contributed by atoms with Gasteiger partial charge < -0.3 is 9.84 Å². The lowest BCUT2D eigenvalue weighted by Gasteiger charge is -2.12. The Morgan fingerprint density at radius 1 is 1.40 bits per heavy atom. The number of hydrogen-bond acceptors (Lipinski definition) is 4. The van der Waals surface area contributed by atoms with Gasteiger partial charge in [-0.15, -0.1) is 0 Å². The maximum absolute atomic E-state index is 14.3. The van der Waals surface area contributed by atoms with Crippen LogP contribution >= 0.6 is 11.6 Å². The second-order valence-corrected chi connectivity index (χ2v) is 5.90. The molecule has 0 radical (unpaired) electrons. The van der Waals surface area contributed by atoms with Crippen LogP contribution in [0, 0.1) is 5.82 Å². The molecule has 3 rings (SSSR count). The van der Waals surface area contributed by atoms with Gasteiger partial charge in [-0.3, -0.25) is 4.98 Å². The number of carbonyl (C=O) groups is 1. The van der Waals surface area contributed by atoms with E-state index in [1.54, 1.807) is 0 Å². The zero-order valence-electron chi connectivity index (χ0n) is 12.7. The van der Waals surface area contributed by atoms with E-state index in [0.29, 0.717) is 0 Å². The Bertz CT molecular complexity index is 829. The molecule has 1 saturated carbocycles. The van der Waals surface area contributed by atoms with Gasteiger partial charge in [0, 0.05) is 11.1 Å². The Morgan fingerprint density at radius 3 is 2.72 bits per heavy atom. The maximum Gasteiger partial charge on any atom is 0.356 e. The number of nitrogens with zero attached hydrogens (tertiary/aromatic N) is 2. The van der Waals surface area contributed by atoms with Crippen LogP contribution in [0.2, 0.25) is 5.02 Å². The molecular formula is C16H12ClF3N2O3. The molecule has 25 heavy (non-hydrogen) atoms. The summed E-state index contributed by atoms with van der Waals surface area (Å²) in [5.74, 6) is -2.52. The van der Waals surface area contributed by atoms with Crippen LogP contribution in [-0.2, 0) is 11.3 Å². The summed E-state index contributed by atoms with van der Waals surface area (Å²) in [7, 11) is 0. The molecule has 0 spiro atoms. The first-order valence-electron chi connectivity index (χ1n) is 7.35. The van der Waals surface area contributed by atoms with Gasteiger partial charge in [0.15, 0.2) is 11.5 Å².